The SMILES string of the molecule is CCC(CC)/C(O)=C/C(=O)C(C)(CC)CC.Cc1[c-]c(-c2nccc3cc(C(C)C)ccc23)cc(C)c1.[Ir]. The standard InChI is InChI=1S/C20H20N.C14H26O2.Ir/c1-13(2)16-5-6-19-17(12-16)7-8-21-20(19)18-10-14(3)9-15(4)11-18;1-6-11(7-2)12(15)10-13(16)14(5,8-3)9-4;/h5-10,12-13H,1-4H3;10-11,15H,6-9H2,1-5H3;/q-1;;/b;12-10-;. The minimum absolute atomic E-state index is 0. The Hall–Kier alpha value is -2.29. The van der Waals surface area contributed by atoms with Gasteiger partial charge in [0.1, 0.15) is 0 Å². The van der Waals surface area contributed by atoms with Gasteiger partial charge in [-0.05, 0) is 59.7 Å². The van der Waals surface area contributed by atoms with Gasteiger partial charge in [-0.2, -0.15) is 0 Å². The second-order valence-corrected chi connectivity index (χ2v) is 10.8. The van der Waals surface area contributed by atoms with E-state index in [1.165, 1.54) is 28.0 Å². The number of fused-ring (bicyclic) bond motifs is 1. The predicted octanol–water partition coefficient (Wildman–Crippen LogP) is 9.70. The molecule has 3 aromatic rings. The van der Waals surface area contributed by atoms with Gasteiger partial charge in [-0.15, -0.1) is 34.9 Å². The van der Waals surface area contributed by atoms with Crippen LogP contribution in [-0.4, -0.2) is 15.9 Å². The van der Waals surface area contributed by atoms with Gasteiger partial charge in [0.15, 0.2) is 5.78 Å². The number of aromatic nitrogens is 1. The first kappa shape index (κ1) is 33.7. The summed E-state index contributed by atoms with van der Waals surface area (Å²) in [5.74, 6) is 0.978. The van der Waals surface area contributed by atoms with E-state index in [1.54, 1.807) is 0 Å². The van der Waals surface area contributed by atoms with Crippen LogP contribution in [0.4, 0.5) is 0 Å². The number of benzene rings is 2. The Morgan fingerprint density at radius 3 is 2.18 bits per heavy atom. The Kier molecular flexibility index (Phi) is 13.6. The van der Waals surface area contributed by atoms with Crippen LogP contribution in [0, 0.1) is 31.2 Å². The van der Waals surface area contributed by atoms with Gasteiger partial charge in [0.2, 0.25) is 0 Å². The van der Waals surface area contributed by atoms with Gasteiger partial charge in [-0.1, -0.05) is 80.5 Å². The molecule has 0 aliphatic rings. The van der Waals surface area contributed by atoms with Crippen molar-refractivity contribution in [1.29, 1.82) is 0 Å². The van der Waals surface area contributed by atoms with Crippen molar-refractivity contribution in [3.63, 3.8) is 0 Å². The molecule has 0 atom stereocenters. The number of aryl methyl sites for hydroxylation is 2. The van der Waals surface area contributed by atoms with E-state index in [0.717, 1.165) is 42.5 Å². The molecule has 1 aromatic heterocycles. The smallest absolute Gasteiger partial charge is 0.164 e. The molecule has 3 rings (SSSR count). The summed E-state index contributed by atoms with van der Waals surface area (Å²) in [6.07, 6.45) is 6.73. The molecule has 0 spiro atoms. The van der Waals surface area contributed by atoms with Gasteiger partial charge in [0.25, 0.3) is 0 Å². The molecule has 0 amide bonds. The number of hydrogen-bond donors (Lipinski definition) is 1. The van der Waals surface area contributed by atoms with E-state index in [2.05, 4.69) is 75.1 Å². The Morgan fingerprint density at radius 1 is 1.03 bits per heavy atom. The number of carbonyl (C=O) groups is 1. The van der Waals surface area contributed by atoms with Gasteiger partial charge >= 0.3 is 0 Å². The van der Waals surface area contributed by atoms with Gasteiger partial charge < -0.3 is 10.1 Å². The summed E-state index contributed by atoms with van der Waals surface area (Å²) >= 11 is 0. The summed E-state index contributed by atoms with van der Waals surface area (Å²) in [6, 6.07) is 16.5. The number of aliphatic hydroxyl groups is 1. The molecule has 4 heteroatoms. The number of ketones is 1. The first-order valence-corrected chi connectivity index (χ1v) is 13.8. The minimum Gasteiger partial charge on any atom is -0.512 e. The number of aliphatic hydroxyl groups excluding tert-OH is 1. The number of rotatable bonds is 9. The molecule has 0 saturated heterocycles. The molecule has 0 unspecified atom stereocenters. The van der Waals surface area contributed by atoms with Crippen molar-refractivity contribution in [1.82, 2.24) is 4.98 Å². The average molecular weight is 693 g/mol. The molecular formula is C34H46IrNO2-. The molecule has 209 valence electrons. The summed E-state index contributed by atoms with van der Waals surface area (Å²) in [6.45, 7) is 18.7. The van der Waals surface area contributed by atoms with E-state index < -0.39 is 0 Å². The van der Waals surface area contributed by atoms with E-state index in [0.29, 0.717) is 5.92 Å². The summed E-state index contributed by atoms with van der Waals surface area (Å²) in [7, 11) is 0. The quantitative estimate of drug-likeness (QED) is 0.138. The van der Waals surface area contributed by atoms with E-state index in [9.17, 15) is 9.90 Å². The maximum Gasteiger partial charge on any atom is 0.164 e. The summed E-state index contributed by atoms with van der Waals surface area (Å²) in [5, 5.41) is 12.3. The van der Waals surface area contributed by atoms with E-state index in [1.807, 2.05) is 40.8 Å². The van der Waals surface area contributed by atoms with Gasteiger partial charge in [-0.3, -0.25) is 4.79 Å². The molecule has 0 aliphatic carbocycles. The largest absolute Gasteiger partial charge is 0.512 e. The van der Waals surface area contributed by atoms with Crippen LogP contribution in [-0.2, 0) is 24.9 Å². The zero-order valence-corrected chi connectivity index (χ0v) is 27.1. The zero-order chi connectivity index (χ0) is 27.8. The number of pyridine rings is 1. The first-order chi connectivity index (χ1) is 17.5. The molecule has 0 bridgehead atoms. The zero-order valence-electron chi connectivity index (χ0n) is 24.7. The molecular weight excluding hydrogens is 647 g/mol. The Labute approximate surface area is 244 Å². The van der Waals surface area contributed by atoms with Crippen molar-refractivity contribution in [2.45, 2.75) is 93.9 Å². The number of nitrogens with zero attached hydrogens (tertiary/aromatic N) is 1. The average Bonchev–Trinajstić information content (AvgIpc) is 2.87. The van der Waals surface area contributed by atoms with Crippen LogP contribution in [0.15, 0.2) is 54.4 Å². The van der Waals surface area contributed by atoms with Crippen LogP contribution < -0.4 is 0 Å². The summed E-state index contributed by atoms with van der Waals surface area (Å²) in [4.78, 5) is 16.6. The van der Waals surface area contributed by atoms with Crippen molar-refractivity contribution in [3.05, 3.63) is 77.2 Å². The predicted molar refractivity (Wildman–Crippen MR) is 158 cm³/mol. The fourth-order valence-electron chi connectivity index (χ4n) is 4.52. The molecule has 0 aliphatic heterocycles. The van der Waals surface area contributed by atoms with Crippen LogP contribution in [0.5, 0.6) is 0 Å². The molecule has 38 heavy (non-hydrogen) atoms. The molecule has 3 nitrogen and oxygen atoms in total. The summed E-state index contributed by atoms with van der Waals surface area (Å²) < 4.78 is 0. The normalized spacial score (nSPS) is 11.8. The van der Waals surface area contributed by atoms with Crippen LogP contribution in [0.25, 0.3) is 22.0 Å². The maximum atomic E-state index is 12.0. The van der Waals surface area contributed by atoms with Gasteiger partial charge in [0.05, 0.1) is 5.76 Å². The monoisotopic (exact) mass is 693 g/mol. The Morgan fingerprint density at radius 2 is 1.66 bits per heavy atom. The van der Waals surface area contributed by atoms with Crippen LogP contribution in [0.1, 0.15) is 96.8 Å². The Balaban J connectivity index is 0.000000387. The third-order valence-electron chi connectivity index (χ3n) is 7.70. The summed E-state index contributed by atoms with van der Waals surface area (Å²) in [5.41, 5.74) is 5.55. The molecule has 1 heterocycles. The van der Waals surface area contributed by atoms with Crippen molar-refractivity contribution < 1.29 is 30.0 Å². The molecule has 0 saturated carbocycles. The second kappa shape index (κ2) is 15.3. The Bertz CT molecular complexity index is 1200. The van der Waals surface area contributed by atoms with E-state index in [4.69, 9.17) is 0 Å². The molecule has 1 N–H and O–H groups in total. The fraction of sp³-hybridized carbons (Fsp3) is 0.471. The number of allylic oxidation sites excluding steroid dienone is 2. The molecule has 2 aromatic carbocycles. The van der Waals surface area contributed by atoms with Crippen molar-refractivity contribution in [3.8, 4) is 11.3 Å². The fourth-order valence-corrected chi connectivity index (χ4v) is 4.52. The number of hydrogen-bond acceptors (Lipinski definition) is 3. The third-order valence-corrected chi connectivity index (χ3v) is 7.70. The minimum atomic E-state index is -0.319. The second-order valence-electron chi connectivity index (χ2n) is 10.8. The van der Waals surface area contributed by atoms with Crippen LogP contribution >= 0.6 is 0 Å². The molecule has 1 radical (unpaired) electrons. The van der Waals surface area contributed by atoms with Crippen molar-refractivity contribution in [2.24, 2.45) is 11.3 Å². The van der Waals surface area contributed by atoms with E-state index in [-0.39, 0.29) is 43.0 Å². The molecule has 0 fully saturated rings. The van der Waals surface area contributed by atoms with Crippen LogP contribution in [0.3, 0.4) is 0 Å². The van der Waals surface area contributed by atoms with Gasteiger partial charge in [-0.25, -0.2) is 0 Å². The van der Waals surface area contributed by atoms with Gasteiger partial charge in [0, 0.05) is 43.7 Å². The number of carbonyl (C=O) groups excluding carboxylic acids is 1. The third kappa shape index (κ3) is 8.61. The maximum absolute atomic E-state index is 12.0. The topological polar surface area (TPSA) is 50.2 Å². The van der Waals surface area contributed by atoms with Crippen molar-refractivity contribution in [2.75, 3.05) is 0 Å². The van der Waals surface area contributed by atoms with Crippen molar-refractivity contribution >= 4 is 16.6 Å². The van der Waals surface area contributed by atoms with E-state index >= 15 is 0 Å². The first-order valence-electron chi connectivity index (χ1n) is 13.8. The van der Waals surface area contributed by atoms with Crippen LogP contribution in [0.2, 0.25) is 0 Å².